The summed E-state index contributed by atoms with van der Waals surface area (Å²) >= 11 is 0. The summed E-state index contributed by atoms with van der Waals surface area (Å²) in [4.78, 5) is 8.68. The van der Waals surface area contributed by atoms with Crippen LogP contribution in [0.1, 0.15) is 32.6 Å². The maximum atomic E-state index is 8.68. The summed E-state index contributed by atoms with van der Waals surface area (Å²) in [5.41, 5.74) is 0. The van der Waals surface area contributed by atoms with E-state index in [0.717, 1.165) is 52.4 Å². The predicted octanol–water partition coefficient (Wildman–Crippen LogP) is 2.56. The zero-order valence-electron chi connectivity index (χ0n) is 15.7. The van der Waals surface area contributed by atoms with Crippen molar-refractivity contribution in [2.24, 2.45) is 0 Å². The third-order valence-electron chi connectivity index (χ3n) is 2.75. The maximum absolute atomic E-state index is 8.68. The van der Waals surface area contributed by atoms with Gasteiger partial charge in [0.05, 0.1) is 0 Å². The van der Waals surface area contributed by atoms with Crippen molar-refractivity contribution in [3.8, 4) is 0 Å². The smallest absolute Gasteiger partial charge is 0.662 e. The molecule has 1 fully saturated rings. The molecule has 3 N–H and O–H groups in total. The summed E-state index contributed by atoms with van der Waals surface area (Å²) in [6.45, 7) is 10.1. The first-order valence-corrected chi connectivity index (χ1v) is 7.46. The molecule has 0 atom stereocenters. The zero-order valence-corrected chi connectivity index (χ0v) is 18.9. The Labute approximate surface area is 178 Å². The maximum Gasteiger partial charge on any atom is 4.00 e. The number of rotatable bonds is 0. The summed E-state index contributed by atoms with van der Waals surface area (Å²) < 4.78 is 0. The average molecular weight is 421 g/mol. The first-order valence-electron chi connectivity index (χ1n) is 7.46. The third kappa shape index (κ3) is 38.4. The van der Waals surface area contributed by atoms with E-state index in [0.29, 0.717) is 0 Å². The number of carbonyl (C=O) groups excluding carboxylic acids is 1. The summed E-state index contributed by atoms with van der Waals surface area (Å²) in [5.74, 6) is 0. The predicted molar refractivity (Wildman–Crippen MR) is 109 cm³/mol. The number of hydrogen-bond donors (Lipinski definition) is 3. The molecule has 1 heterocycles. The molecular formula is C16H38Cl2N4OTi. The second-order valence-corrected chi connectivity index (χ2v) is 4.54. The Balaban J connectivity index is -0.0000000943. The van der Waals surface area contributed by atoms with Crippen molar-refractivity contribution in [3.63, 3.8) is 0 Å². The topological polar surface area (TPSA) is 67.3 Å². The van der Waals surface area contributed by atoms with E-state index in [4.69, 9.17) is 4.79 Å². The molecule has 0 aromatic carbocycles. The summed E-state index contributed by atoms with van der Waals surface area (Å²) in [6.07, 6.45) is 6.32. The molecule has 24 heavy (non-hydrogen) atoms. The quantitative estimate of drug-likeness (QED) is 0.416. The fourth-order valence-corrected chi connectivity index (χ4v) is 1.80. The zero-order chi connectivity index (χ0) is 14.0. The van der Waals surface area contributed by atoms with Crippen LogP contribution in [0.5, 0.6) is 0 Å². The van der Waals surface area contributed by atoms with E-state index in [1.165, 1.54) is 38.9 Å². The molecule has 0 aromatic rings. The molecule has 5 nitrogen and oxygen atoms in total. The molecule has 0 saturated carbocycles. The van der Waals surface area contributed by atoms with Crippen LogP contribution in [0, 0.1) is 14.9 Å². The van der Waals surface area contributed by atoms with Gasteiger partial charge in [0.2, 0.25) is 0 Å². The van der Waals surface area contributed by atoms with Crippen molar-refractivity contribution in [3.05, 3.63) is 20.2 Å². The Hall–Kier alpha value is 0.804. The van der Waals surface area contributed by atoms with Gasteiger partial charge < -0.3 is 40.9 Å². The van der Waals surface area contributed by atoms with Gasteiger partial charge in [0.1, 0.15) is 0 Å². The minimum Gasteiger partial charge on any atom is -0.662 e. The van der Waals surface area contributed by atoms with Gasteiger partial charge in [0.15, 0.2) is 0 Å². The Morgan fingerprint density at radius 2 is 0.958 bits per heavy atom. The minimum absolute atomic E-state index is 0. The van der Waals surface area contributed by atoms with E-state index in [1.807, 2.05) is 0 Å². The minimum atomic E-state index is 0. The summed E-state index contributed by atoms with van der Waals surface area (Å²) in [6, 6.07) is 0. The molecule has 146 valence electrons. The standard InChI is InChI=1S/C12H27N4.C2H3O.2CH3.2ClH.Ti/c1-5-13-7-2-9-15-11-4-12-16-10-3-8-14-6-1;1-2-3;;;;;/h13-15H,1-12H2;1H3;2*1H3;2*1H;/q4*-1;;;+4. The van der Waals surface area contributed by atoms with Gasteiger partial charge in [-0.15, -0.1) is 37.9 Å². The Kier molecular flexibility index (Phi) is 64.7. The van der Waals surface area contributed by atoms with E-state index in [-0.39, 0.29) is 61.4 Å². The van der Waals surface area contributed by atoms with E-state index in [2.05, 4.69) is 21.3 Å². The fraction of sp³-hybridized carbons (Fsp3) is 0.812. The van der Waals surface area contributed by atoms with Gasteiger partial charge in [-0.1, -0.05) is 12.8 Å². The van der Waals surface area contributed by atoms with Crippen molar-refractivity contribution in [2.75, 3.05) is 52.4 Å². The molecule has 0 spiro atoms. The Bertz CT molecular complexity index is 131. The first kappa shape index (κ1) is 39.7. The van der Waals surface area contributed by atoms with Crippen LogP contribution in [0.4, 0.5) is 0 Å². The molecule has 1 aliphatic rings. The van der Waals surface area contributed by atoms with Crippen molar-refractivity contribution in [1.82, 2.24) is 16.0 Å². The summed E-state index contributed by atoms with van der Waals surface area (Å²) in [7, 11) is 0. The van der Waals surface area contributed by atoms with Gasteiger partial charge in [0, 0.05) is 0 Å². The van der Waals surface area contributed by atoms with Gasteiger partial charge in [-0.25, -0.2) is 0 Å². The van der Waals surface area contributed by atoms with Gasteiger partial charge in [-0.2, -0.15) is 6.92 Å². The Morgan fingerprint density at radius 1 is 0.708 bits per heavy atom. The largest absolute Gasteiger partial charge is 4.00 e. The third-order valence-corrected chi connectivity index (χ3v) is 2.75. The molecule has 0 unspecified atom stereocenters. The molecule has 0 aliphatic carbocycles. The van der Waals surface area contributed by atoms with Gasteiger partial charge in [0.25, 0.3) is 0 Å². The second-order valence-electron chi connectivity index (χ2n) is 4.54. The molecule has 0 amide bonds. The second kappa shape index (κ2) is 39.1. The average Bonchev–Trinajstić information content (AvgIpc) is 2.40. The monoisotopic (exact) mass is 420 g/mol. The SMILES string of the molecule is C1C[N-]CCCNCCCNCCCNC1.C[C-]=O.Cl.Cl.[CH3-].[CH3-].[Ti+4]. The number of nitrogens with one attached hydrogen (secondary N) is 3. The molecular weight excluding hydrogens is 383 g/mol. The number of nitrogens with zero attached hydrogens (tertiary/aromatic N) is 1. The normalized spacial score (nSPS) is 16.5. The first-order chi connectivity index (χ1) is 9.41. The van der Waals surface area contributed by atoms with Gasteiger partial charge in [-0.05, 0) is 52.1 Å². The van der Waals surface area contributed by atoms with Crippen LogP contribution in [-0.4, -0.2) is 58.6 Å². The van der Waals surface area contributed by atoms with Crippen LogP contribution in [0.25, 0.3) is 5.32 Å². The molecule has 0 radical (unpaired) electrons. The molecule has 0 aromatic heterocycles. The van der Waals surface area contributed by atoms with Crippen molar-refractivity contribution in [1.29, 1.82) is 0 Å². The van der Waals surface area contributed by atoms with Crippen LogP contribution < -0.4 is 16.0 Å². The van der Waals surface area contributed by atoms with Gasteiger partial charge in [-0.3, -0.25) is 6.29 Å². The van der Waals surface area contributed by atoms with Crippen LogP contribution in [0.2, 0.25) is 0 Å². The Morgan fingerprint density at radius 3 is 1.25 bits per heavy atom. The number of hydrogen-bond acceptors (Lipinski definition) is 4. The number of halogens is 2. The van der Waals surface area contributed by atoms with Crippen LogP contribution in [-0.2, 0) is 26.5 Å². The summed E-state index contributed by atoms with van der Waals surface area (Å²) in [5, 5.41) is 14.9. The fourth-order valence-electron chi connectivity index (χ4n) is 1.80. The van der Waals surface area contributed by atoms with Crippen molar-refractivity contribution >= 4 is 31.1 Å². The molecule has 0 bridgehead atoms. The van der Waals surface area contributed by atoms with Gasteiger partial charge >= 0.3 is 21.7 Å². The van der Waals surface area contributed by atoms with E-state index < -0.39 is 0 Å². The molecule has 1 saturated heterocycles. The van der Waals surface area contributed by atoms with Crippen LogP contribution in [0.15, 0.2) is 0 Å². The molecule has 1 aliphatic heterocycles. The van der Waals surface area contributed by atoms with E-state index in [9.17, 15) is 0 Å². The van der Waals surface area contributed by atoms with E-state index >= 15 is 0 Å². The van der Waals surface area contributed by atoms with Crippen molar-refractivity contribution in [2.45, 2.75) is 32.6 Å². The van der Waals surface area contributed by atoms with Crippen LogP contribution in [0.3, 0.4) is 0 Å². The molecule has 8 heteroatoms. The van der Waals surface area contributed by atoms with Crippen molar-refractivity contribution < 1.29 is 26.5 Å². The van der Waals surface area contributed by atoms with Crippen LogP contribution >= 0.6 is 24.8 Å². The molecule has 1 rings (SSSR count). The van der Waals surface area contributed by atoms with E-state index in [1.54, 1.807) is 0 Å².